The van der Waals surface area contributed by atoms with Gasteiger partial charge in [-0.1, -0.05) is 30.3 Å². The summed E-state index contributed by atoms with van der Waals surface area (Å²) in [4.78, 5) is 20.8. The molecule has 0 spiro atoms. The van der Waals surface area contributed by atoms with Crippen LogP contribution in [-0.2, 0) is 25.8 Å². The zero-order valence-corrected chi connectivity index (χ0v) is 18.9. The fourth-order valence-corrected chi connectivity index (χ4v) is 4.70. The SMILES string of the molecule is Cc1cc2c(c3nc(CCc4ccccc4)n(CCN(C)C)c13)CC[C@H](C)N2C(=O)O. The van der Waals surface area contributed by atoms with Crippen LogP contribution in [0.4, 0.5) is 10.5 Å². The van der Waals surface area contributed by atoms with Gasteiger partial charge in [-0.05, 0) is 64.4 Å². The van der Waals surface area contributed by atoms with E-state index in [4.69, 9.17) is 4.98 Å². The number of likely N-dealkylation sites (N-methyl/N-ethyl adjacent to an activating group) is 1. The highest BCUT2D eigenvalue weighted by Crippen LogP contribution is 2.38. The third kappa shape index (κ3) is 4.17. The summed E-state index contributed by atoms with van der Waals surface area (Å²) in [7, 11) is 4.17. The van der Waals surface area contributed by atoms with Gasteiger partial charge in [-0.2, -0.15) is 0 Å². The first-order valence-electron chi connectivity index (χ1n) is 11.1. The van der Waals surface area contributed by atoms with E-state index >= 15 is 0 Å². The fraction of sp³-hybridized carbons (Fsp3) is 0.440. The molecule has 2 heterocycles. The Morgan fingerprint density at radius 3 is 2.65 bits per heavy atom. The Hall–Kier alpha value is -2.86. The van der Waals surface area contributed by atoms with Crippen LogP contribution in [0, 0.1) is 6.92 Å². The van der Waals surface area contributed by atoms with Crippen molar-refractivity contribution in [1.29, 1.82) is 0 Å². The predicted octanol–water partition coefficient (Wildman–Crippen LogP) is 4.51. The predicted molar refractivity (Wildman–Crippen MR) is 125 cm³/mol. The van der Waals surface area contributed by atoms with Crippen LogP contribution in [0.15, 0.2) is 36.4 Å². The lowest BCUT2D eigenvalue weighted by molar-refractivity contribution is 0.198. The maximum Gasteiger partial charge on any atom is 0.412 e. The van der Waals surface area contributed by atoms with Gasteiger partial charge in [0.15, 0.2) is 0 Å². The van der Waals surface area contributed by atoms with Crippen LogP contribution in [0.2, 0.25) is 0 Å². The van der Waals surface area contributed by atoms with Crippen LogP contribution in [0.5, 0.6) is 0 Å². The van der Waals surface area contributed by atoms with Crippen molar-refractivity contribution in [3.05, 3.63) is 58.9 Å². The molecule has 0 fully saturated rings. The van der Waals surface area contributed by atoms with Crippen molar-refractivity contribution >= 4 is 22.8 Å². The molecule has 6 nitrogen and oxygen atoms in total. The fourth-order valence-electron chi connectivity index (χ4n) is 4.70. The Morgan fingerprint density at radius 1 is 1.23 bits per heavy atom. The van der Waals surface area contributed by atoms with Gasteiger partial charge < -0.3 is 14.6 Å². The summed E-state index contributed by atoms with van der Waals surface area (Å²) in [5.74, 6) is 1.08. The summed E-state index contributed by atoms with van der Waals surface area (Å²) in [6, 6.07) is 12.5. The lowest BCUT2D eigenvalue weighted by Crippen LogP contribution is -2.41. The van der Waals surface area contributed by atoms with Gasteiger partial charge in [0.25, 0.3) is 0 Å². The Labute approximate surface area is 184 Å². The maximum atomic E-state index is 12.0. The number of carboxylic acid groups (broad SMARTS) is 1. The molecular formula is C25H32N4O2. The summed E-state index contributed by atoms with van der Waals surface area (Å²) in [6.45, 7) is 5.86. The second kappa shape index (κ2) is 8.71. The van der Waals surface area contributed by atoms with Crippen LogP contribution in [0.1, 0.15) is 35.9 Å². The van der Waals surface area contributed by atoms with E-state index in [1.165, 1.54) is 10.5 Å². The van der Waals surface area contributed by atoms with Crippen LogP contribution >= 0.6 is 0 Å². The van der Waals surface area contributed by atoms with Gasteiger partial charge in [0.2, 0.25) is 0 Å². The number of hydrogen-bond acceptors (Lipinski definition) is 3. The van der Waals surface area contributed by atoms with Crippen LogP contribution < -0.4 is 4.90 Å². The number of benzene rings is 2. The molecule has 0 unspecified atom stereocenters. The molecule has 1 aliphatic heterocycles. The number of fused-ring (bicyclic) bond motifs is 3. The normalized spacial score (nSPS) is 16.2. The first-order chi connectivity index (χ1) is 14.9. The summed E-state index contributed by atoms with van der Waals surface area (Å²) in [5, 5.41) is 9.83. The Bertz CT molecular complexity index is 1090. The van der Waals surface area contributed by atoms with Crippen molar-refractivity contribution in [2.75, 3.05) is 25.5 Å². The van der Waals surface area contributed by atoms with Crippen molar-refractivity contribution in [3.8, 4) is 0 Å². The van der Waals surface area contributed by atoms with E-state index in [1.807, 2.05) is 13.0 Å². The third-order valence-electron chi connectivity index (χ3n) is 6.34. The van der Waals surface area contributed by atoms with Gasteiger partial charge in [0.05, 0.1) is 16.7 Å². The second-order valence-electron chi connectivity index (χ2n) is 8.90. The smallest absolute Gasteiger partial charge is 0.412 e. The van der Waals surface area contributed by atoms with Crippen LogP contribution in [0.3, 0.4) is 0 Å². The Kier molecular flexibility index (Phi) is 6.01. The number of aromatic nitrogens is 2. The molecule has 4 rings (SSSR count). The molecule has 0 aliphatic carbocycles. The number of amides is 1. The zero-order chi connectivity index (χ0) is 22.1. The van der Waals surface area contributed by atoms with E-state index in [0.717, 1.165) is 72.4 Å². The Balaban J connectivity index is 1.82. The highest BCUT2D eigenvalue weighted by molar-refractivity contribution is 5.96. The minimum Gasteiger partial charge on any atom is -0.465 e. The van der Waals surface area contributed by atoms with Gasteiger partial charge in [-0.15, -0.1) is 0 Å². The Morgan fingerprint density at radius 2 is 1.97 bits per heavy atom. The maximum absolute atomic E-state index is 12.0. The van der Waals surface area contributed by atoms with Crippen molar-refractivity contribution in [3.63, 3.8) is 0 Å². The topological polar surface area (TPSA) is 61.6 Å². The molecule has 1 atom stereocenters. The van der Waals surface area contributed by atoms with Gasteiger partial charge in [-0.3, -0.25) is 4.90 Å². The van der Waals surface area contributed by atoms with Crippen LogP contribution in [0.25, 0.3) is 11.0 Å². The molecule has 2 aromatic carbocycles. The summed E-state index contributed by atoms with van der Waals surface area (Å²) >= 11 is 0. The van der Waals surface area contributed by atoms with E-state index < -0.39 is 6.09 Å². The van der Waals surface area contributed by atoms with Crippen LogP contribution in [-0.4, -0.2) is 52.3 Å². The quantitative estimate of drug-likeness (QED) is 0.637. The first-order valence-corrected chi connectivity index (χ1v) is 11.1. The van der Waals surface area contributed by atoms with E-state index in [-0.39, 0.29) is 6.04 Å². The number of aryl methyl sites for hydroxylation is 4. The molecule has 6 heteroatoms. The summed E-state index contributed by atoms with van der Waals surface area (Å²) in [6.07, 6.45) is 2.59. The number of anilines is 1. The molecule has 1 amide bonds. The highest BCUT2D eigenvalue weighted by Gasteiger charge is 2.31. The zero-order valence-electron chi connectivity index (χ0n) is 18.9. The molecule has 31 heavy (non-hydrogen) atoms. The van der Waals surface area contributed by atoms with Gasteiger partial charge in [-0.25, -0.2) is 9.78 Å². The molecular weight excluding hydrogens is 388 g/mol. The molecule has 3 aromatic rings. The molecule has 1 N–H and O–H groups in total. The second-order valence-corrected chi connectivity index (χ2v) is 8.90. The number of carbonyl (C=O) groups is 1. The average molecular weight is 421 g/mol. The molecule has 0 saturated heterocycles. The van der Waals surface area contributed by atoms with E-state index in [0.29, 0.717) is 0 Å². The molecule has 1 aliphatic rings. The molecule has 0 saturated carbocycles. The van der Waals surface area contributed by atoms with E-state index in [2.05, 4.69) is 60.8 Å². The van der Waals surface area contributed by atoms with E-state index in [1.54, 1.807) is 0 Å². The number of rotatable bonds is 6. The number of hydrogen-bond donors (Lipinski definition) is 1. The largest absolute Gasteiger partial charge is 0.465 e. The van der Waals surface area contributed by atoms with Gasteiger partial charge >= 0.3 is 6.09 Å². The summed E-state index contributed by atoms with van der Waals surface area (Å²) < 4.78 is 2.36. The minimum absolute atomic E-state index is 0.0183. The molecule has 0 bridgehead atoms. The summed E-state index contributed by atoms with van der Waals surface area (Å²) in [5.41, 5.74) is 6.41. The van der Waals surface area contributed by atoms with Crippen molar-refractivity contribution in [2.45, 2.75) is 52.1 Å². The standard InChI is InChI=1S/C25H32N4O2/c1-17-16-21-20(12-10-18(2)29(21)25(30)31)23-24(17)28(15-14-27(3)4)22(26-23)13-11-19-8-6-5-7-9-19/h5-9,16,18H,10-15H2,1-4H3,(H,30,31)/t18-/m0/s1. The molecule has 1 aromatic heterocycles. The monoisotopic (exact) mass is 420 g/mol. The van der Waals surface area contributed by atoms with Crippen molar-refractivity contribution in [2.24, 2.45) is 0 Å². The van der Waals surface area contributed by atoms with Gasteiger partial charge in [0, 0.05) is 31.1 Å². The molecule has 0 radical (unpaired) electrons. The highest BCUT2D eigenvalue weighted by atomic mass is 16.4. The number of nitrogens with zero attached hydrogens (tertiary/aromatic N) is 4. The third-order valence-corrected chi connectivity index (χ3v) is 6.34. The van der Waals surface area contributed by atoms with Gasteiger partial charge in [0.1, 0.15) is 5.82 Å². The molecule has 164 valence electrons. The number of imidazole rings is 1. The first kappa shape index (κ1) is 21.4. The average Bonchev–Trinajstić information content (AvgIpc) is 3.10. The van der Waals surface area contributed by atoms with Crippen molar-refractivity contribution in [1.82, 2.24) is 14.5 Å². The lowest BCUT2D eigenvalue weighted by atomic mass is 9.94. The lowest BCUT2D eigenvalue weighted by Gasteiger charge is -2.33. The minimum atomic E-state index is -0.886. The van der Waals surface area contributed by atoms with Crippen molar-refractivity contribution < 1.29 is 9.90 Å². The van der Waals surface area contributed by atoms with E-state index in [9.17, 15) is 9.90 Å².